The lowest BCUT2D eigenvalue weighted by Crippen LogP contribution is -2.46. The maximum Gasteiger partial charge on any atom is 0.165 e. The summed E-state index contributed by atoms with van der Waals surface area (Å²) in [5, 5.41) is 4.92. The van der Waals surface area contributed by atoms with Crippen LogP contribution < -0.4 is 14.4 Å². The van der Waals surface area contributed by atoms with E-state index in [0.29, 0.717) is 11.5 Å². The zero-order valence-corrected chi connectivity index (χ0v) is 20.3. The Morgan fingerprint density at radius 2 is 1.59 bits per heavy atom. The maximum absolute atomic E-state index is 5.54. The van der Waals surface area contributed by atoms with Gasteiger partial charge in [0.05, 0.1) is 19.9 Å². The average Bonchev–Trinajstić information content (AvgIpc) is 3.19. The van der Waals surface area contributed by atoms with Gasteiger partial charge in [0, 0.05) is 50.0 Å². The molecule has 3 heterocycles. The number of ether oxygens (including phenoxy) is 2. The lowest BCUT2D eigenvalue weighted by molar-refractivity contribution is 0.249. The molecular formula is C27H31N5O2. The van der Waals surface area contributed by atoms with Gasteiger partial charge in [-0.3, -0.25) is 4.90 Å². The summed E-state index contributed by atoms with van der Waals surface area (Å²) in [6.07, 6.45) is 0. The van der Waals surface area contributed by atoms with Gasteiger partial charge in [-0.1, -0.05) is 36.4 Å². The van der Waals surface area contributed by atoms with E-state index in [4.69, 9.17) is 19.6 Å². The predicted octanol–water partition coefficient (Wildman–Crippen LogP) is 4.35. The summed E-state index contributed by atoms with van der Waals surface area (Å²) in [5.41, 5.74) is 6.19. The SMILES string of the molecule is COc1ccc(-c2c(C)nn3c(N4CCN(Cc5ccccc5)CC4)cc(C)nc23)cc1OC. The van der Waals surface area contributed by atoms with E-state index in [-0.39, 0.29) is 0 Å². The van der Waals surface area contributed by atoms with Gasteiger partial charge in [-0.2, -0.15) is 9.61 Å². The second kappa shape index (κ2) is 9.35. The first kappa shape index (κ1) is 22.2. The molecule has 0 saturated carbocycles. The van der Waals surface area contributed by atoms with Crippen molar-refractivity contribution in [3.8, 4) is 22.6 Å². The number of hydrogen-bond donors (Lipinski definition) is 0. The molecule has 1 saturated heterocycles. The maximum atomic E-state index is 5.54. The molecule has 176 valence electrons. The molecule has 0 unspecified atom stereocenters. The highest BCUT2D eigenvalue weighted by atomic mass is 16.5. The molecule has 0 radical (unpaired) electrons. The Labute approximate surface area is 200 Å². The molecule has 1 aliphatic heterocycles. The summed E-state index contributed by atoms with van der Waals surface area (Å²) in [5.74, 6) is 2.50. The second-order valence-electron chi connectivity index (χ2n) is 8.77. The second-order valence-corrected chi connectivity index (χ2v) is 8.77. The number of nitrogens with zero attached hydrogens (tertiary/aromatic N) is 5. The molecule has 5 rings (SSSR count). The quantitative estimate of drug-likeness (QED) is 0.429. The molecule has 4 aromatic rings. The van der Waals surface area contributed by atoms with Gasteiger partial charge < -0.3 is 14.4 Å². The monoisotopic (exact) mass is 457 g/mol. The predicted molar refractivity (Wildman–Crippen MR) is 135 cm³/mol. The summed E-state index contributed by atoms with van der Waals surface area (Å²) in [6, 6.07) is 18.8. The molecule has 0 N–H and O–H groups in total. The van der Waals surface area contributed by atoms with Crippen LogP contribution in [0.2, 0.25) is 0 Å². The molecule has 7 nitrogen and oxygen atoms in total. The Morgan fingerprint density at radius 1 is 0.853 bits per heavy atom. The Morgan fingerprint density at radius 3 is 2.29 bits per heavy atom. The highest BCUT2D eigenvalue weighted by molar-refractivity contribution is 5.82. The van der Waals surface area contributed by atoms with Crippen molar-refractivity contribution in [1.82, 2.24) is 19.5 Å². The fourth-order valence-corrected chi connectivity index (χ4v) is 4.76. The Kier molecular flexibility index (Phi) is 6.11. The van der Waals surface area contributed by atoms with Gasteiger partial charge in [-0.15, -0.1) is 0 Å². The summed E-state index contributed by atoms with van der Waals surface area (Å²) in [6.45, 7) is 9.02. The minimum absolute atomic E-state index is 0.696. The average molecular weight is 458 g/mol. The molecule has 2 aromatic carbocycles. The van der Waals surface area contributed by atoms with E-state index in [9.17, 15) is 0 Å². The molecule has 7 heteroatoms. The Balaban J connectivity index is 1.45. The lowest BCUT2D eigenvalue weighted by Gasteiger charge is -2.36. The number of benzene rings is 2. The van der Waals surface area contributed by atoms with Crippen LogP contribution in [0.5, 0.6) is 11.5 Å². The zero-order chi connectivity index (χ0) is 23.7. The van der Waals surface area contributed by atoms with Crippen molar-refractivity contribution in [2.45, 2.75) is 20.4 Å². The number of rotatable bonds is 6. The van der Waals surface area contributed by atoms with Gasteiger partial charge in [-0.25, -0.2) is 4.98 Å². The number of piperazine rings is 1. The van der Waals surface area contributed by atoms with Crippen LogP contribution >= 0.6 is 0 Å². The van der Waals surface area contributed by atoms with Gasteiger partial charge in [0.25, 0.3) is 0 Å². The first-order chi connectivity index (χ1) is 16.6. The summed E-state index contributed by atoms with van der Waals surface area (Å²) >= 11 is 0. The lowest BCUT2D eigenvalue weighted by atomic mass is 10.1. The molecule has 1 aliphatic rings. The largest absolute Gasteiger partial charge is 0.493 e. The van der Waals surface area contributed by atoms with Gasteiger partial charge >= 0.3 is 0 Å². The topological polar surface area (TPSA) is 55.1 Å². The van der Waals surface area contributed by atoms with Crippen LogP contribution in [0, 0.1) is 13.8 Å². The van der Waals surface area contributed by atoms with E-state index < -0.39 is 0 Å². The van der Waals surface area contributed by atoms with Crippen LogP contribution in [-0.2, 0) is 6.54 Å². The van der Waals surface area contributed by atoms with E-state index in [1.54, 1.807) is 14.2 Å². The first-order valence-electron chi connectivity index (χ1n) is 11.7. The highest BCUT2D eigenvalue weighted by Gasteiger charge is 2.23. The van der Waals surface area contributed by atoms with E-state index in [0.717, 1.165) is 66.7 Å². The number of hydrogen-bond acceptors (Lipinski definition) is 6. The van der Waals surface area contributed by atoms with Gasteiger partial charge in [0.1, 0.15) is 5.82 Å². The van der Waals surface area contributed by atoms with Crippen LogP contribution in [0.15, 0.2) is 54.6 Å². The molecule has 2 aromatic heterocycles. The minimum Gasteiger partial charge on any atom is -0.493 e. The van der Waals surface area contributed by atoms with Crippen molar-refractivity contribution >= 4 is 11.5 Å². The number of fused-ring (bicyclic) bond motifs is 1. The zero-order valence-electron chi connectivity index (χ0n) is 20.3. The molecule has 0 amide bonds. The molecule has 1 fully saturated rings. The molecule has 0 atom stereocenters. The van der Waals surface area contributed by atoms with Crippen molar-refractivity contribution in [3.63, 3.8) is 0 Å². The van der Waals surface area contributed by atoms with Crippen LogP contribution in [0.25, 0.3) is 16.8 Å². The number of methoxy groups -OCH3 is 2. The smallest absolute Gasteiger partial charge is 0.165 e. The minimum atomic E-state index is 0.696. The van der Waals surface area contributed by atoms with Crippen molar-refractivity contribution in [3.05, 3.63) is 71.5 Å². The first-order valence-corrected chi connectivity index (χ1v) is 11.7. The standard InChI is InChI=1S/C27H31N5O2/c1-19-16-25(31-14-12-30(13-15-31)18-21-8-6-5-7-9-21)32-27(28-19)26(20(2)29-32)22-10-11-23(33-3)24(17-22)34-4/h5-11,16-17H,12-15,18H2,1-4H3. The molecular weight excluding hydrogens is 426 g/mol. The van der Waals surface area contributed by atoms with Crippen molar-refractivity contribution < 1.29 is 9.47 Å². The van der Waals surface area contributed by atoms with Crippen molar-refractivity contribution in [2.24, 2.45) is 0 Å². The number of anilines is 1. The van der Waals surface area contributed by atoms with Crippen molar-refractivity contribution in [2.75, 3.05) is 45.3 Å². The molecule has 0 aliphatic carbocycles. The highest BCUT2D eigenvalue weighted by Crippen LogP contribution is 2.36. The third-order valence-electron chi connectivity index (χ3n) is 6.49. The van der Waals surface area contributed by atoms with E-state index in [1.807, 2.05) is 29.6 Å². The van der Waals surface area contributed by atoms with E-state index >= 15 is 0 Å². The fraction of sp³-hybridized carbons (Fsp3) is 0.333. The van der Waals surface area contributed by atoms with Gasteiger partial charge in [0.15, 0.2) is 17.1 Å². The summed E-state index contributed by atoms with van der Waals surface area (Å²) in [4.78, 5) is 9.83. The van der Waals surface area contributed by atoms with Crippen LogP contribution in [0.1, 0.15) is 17.0 Å². The number of aryl methyl sites for hydroxylation is 2. The van der Waals surface area contributed by atoms with Gasteiger partial charge in [-0.05, 0) is 37.1 Å². The molecule has 34 heavy (non-hydrogen) atoms. The molecule has 0 spiro atoms. The fourth-order valence-electron chi connectivity index (χ4n) is 4.76. The third-order valence-corrected chi connectivity index (χ3v) is 6.49. The third kappa shape index (κ3) is 4.19. The van der Waals surface area contributed by atoms with Gasteiger partial charge in [0.2, 0.25) is 0 Å². The van der Waals surface area contributed by atoms with Crippen LogP contribution in [0.4, 0.5) is 5.82 Å². The Hall–Kier alpha value is -3.58. The van der Waals surface area contributed by atoms with Crippen molar-refractivity contribution in [1.29, 1.82) is 0 Å². The van der Waals surface area contributed by atoms with Crippen LogP contribution in [0.3, 0.4) is 0 Å². The molecule has 0 bridgehead atoms. The summed E-state index contributed by atoms with van der Waals surface area (Å²) in [7, 11) is 3.30. The van der Waals surface area contributed by atoms with Crippen LogP contribution in [-0.4, -0.2) is 59.9 Å². The number of aromatic nitrogens is 3. The summed E-state index contributed by atoms with van der Waals surface area (Å²) < 4.78 is 13.0. The van der Waals surface area contributed by atoms with E-state index in [2.05, 4.69) is 53.1 Å². The normalized spacial score (nSPS) is 14.5. The van der Waals surface area contributed by atoms with E-state index in [1.165, 1.54) is 5.56 Å². The Bertz CT molecular complexity index is 1290.